The van der Waals surface area contributed by atoms with Gasteiger partial charge in [0.2, 0.25) is 10.0 Å². The zero-order chi connectivity index (χ0) is 14.2. The van der Waals surface area contributed by atoms with Crippen molar-refractivity contribution < 1.29 is 8.42 Å². The first-order valence-corrected chi connectivity index (χ1v) is 8.30. The molecule has 2 heterocycles. The van der Waals surface area contributed by atoms with E-state index in [4.69, 9.17) is 16.7 Å². The number of rotatable bonds is 4. The van der Waals surface area contributed by atoms with E-state index in [-0.39, 0.29) is 11.8 Å². The minimum atomic E-state index is -3.44. The van der Waals surface area contributed by atoms with E-state index >= 15 is 0 Å². The molecule has 1 aromatic heterocycles. The highest BCUT2D eigenvalue weighted by Crippen LogP contribution is 2.25. The standard InChI is InChI=1S/C11H19ClN4O2S/c1-8-10(11(12)15(2)14-8)6-16-5-3-4-9(16)7-19(13,17)18/h9H,3-7H2,1-2H3,(H2,13,17,18)/t9-/m1/s1. The van der Waals surface area contributed by atoms with Crippen LogP contribution in [0.1, 0.15) is 24.1 Å². The van der Waals surface area contributed by atoms with E-state index in [9.17, 15) is 8.42 Å². The Hall–Kier alpha value is -0.630. The minimum Gasteiger partial charge on any atom is -0.295 e. The van der Waals surface area contributed by atoms with E-state index < -0.39 is 10.0 Å². The van der Waals surface area contributed by atoms with E-state index in [2.05, 4.69) is 10.00 Å². The van der Waals surface area contributed by atoms with Gasteiger partial charge in [-0.2, -0.15) is 5.10 Å². The van der Waals surface area contributed by atoms with Crippen molar-refractivity contribution in [2.24, 2.45) is 12.2 Å². The molecule has 0 saturated carbocycles. The predicted octanol–water partition coefficient (Wildman–Crippen LogP) is 0.635. The van der Waals surface area contributed by atoms with Gasteiger partial charge in [-0.3, -0.25) is 9.58 Å². The number of likely N-dealkylation sites (tertiary alicyclic amines) is 1. The molecule has 0 aliphatic carbocycles. The first-order valence-electron chi connectivity index (χ1n) is 6.20. The largest absolute Gasteiger partial charge is 0.295 e. The number of halogens is 1. The third kappa shape index (κ3) is 3.47. The van der Waals surface area contributed by atoms with Crippen LogP contribution in [-0.2, 0) is 23.6 Å². The van der Waals surface area contributed by atoms with Gasteiger partial charge in [0.15, 0.2) is 0 Å². The average molecular weight is 307 g/mol. The van der Waals surface area contributed by atoms with Crippen LogP contribution in [0.3, 0.4) is 0 Å². The Morgan fingerprint density at radius 1 is 1.53 bits per heavy atom. The molecule has 0 spiro atoms. The lowest BCUT2D eigenvalue weighted by Crippen LogP contribution is -2.37. The van der Waals surface area contributed by atoms with Crippen molar-refractivity contribution in [1.29, 1.82) is 0 Å². The maximum absolute atomic E-state index is 11.2. The van der Waals surface area contributed by atoms with E-state index in [1.807, 2.05) is 6.92 Å². The second-order valence-electron chi connectivity index (χ2n) is 5.07. The van der Waals surface area contributed by atoms with Gasteiger partial charge in [0, 0.05) is 25.2 Å². The lowest BCUT2D eigenvalue weighted by atomic mass is 10.2. The molecule has 19 heavy (non-hydrogen) atoms. The van der Waals surface area contributed by atoms with E-state index in [0.29, 0.717) is 11.7 Å². The monoisotopic (exact) mass is 306 g/mol. The van der Waals surface area contributed by atoms with Gasteiger partial charge in [-0.25, -0.2) is 13.6 Å². The quantitative estimate of drug-likeness (QED) is 0.885. The van der Waals surface area contributed by atoms with Crippen molar-refractivity contribution in [2.45, 2.75) is 32.4 Å². The van der Waals surface area contributed by atoms with Crippen LogP contribution in [0.4, 0.5) is 0 Å². The van der Waals surface area contributed by atoms with E-state index in [1.165, 1.54) is 0 Å². The van der Waals surface area contributed by atoms with Gasteiger partial charge in [0.1, 0.15) is 5.15 Å². The summed E-state index contributed by atoms with van der Waals surface area (Å²) in [7, 11) is -1.65. The van der Waals surface area contributed by atoms with Gasteiger partial charge in [0.25, 0.3) is 0 Å². The molecule has 1 aliphatic rings. The van der Waals surface area contributed by atoms with E-state index in [1.54, 1.807) is 11.7 Å². The van der Waals surface area contributed by atoms with Crippen molar-refractivity contribution in [3.63, 3.8) is 0 Å². The number of hydrogen-bond donors (Lipinski definition) is 1. The molecular weight excluding hydrogens is 288 g/mol. The minimum absolute atomic E-state index is 0.00390. The van der Waals surface area contributed by atoms with Crippen LogP contribution in [0, 0.1) is 6.92 Å². The smallest absolute Gasteiger partial charge is 0.210 e. The molecule has 6 nitrogen and oxygen atoms in total. The summed E-state index contributed by atoms with van der Waals surface area (Å²) in [6.07, 6.45) is 1.84. The fourth-order valence-electron chi connectivity index (χ4n) is 2.62. The predicted molar refractivity (Wildman–Crippen MR) is 74.4 cm³/mol. The Bertz CT molecular complexity index is 569. The van der Waals surface area contributed by atoms with Crippen LogP contribution < -0.4 is 5.14 Å². The van der Waals surface area contributed by atoms with Gasteiger partial charge in [-0.15, -0.1) is 0 Å². The summed E-state index contributed by atoms with van der Waals surface area (Å²) in [6.45, 7) is 3.40. The number of primary sulfonamides is 1. The number of hydrogen-bond acceptors (Lipinski definition) is 4. The Morgan fingerprint density at radius 3 is 2.74 bits per heavy atom. The van der Waals surface area contributed by atoms with Gasteiger partial charge < -0.3 is 0 Å². The fraction of sp³-hybridized carbons (Fsp3) is 0.727. The summed E-state index contributed by atoms with van der Waals surface area (Å²) in [5, 5.41) is 10.0. The number of nitrogens with two attached hydrogens (primary N) is 1. The lowest BCUT2D eigenvalue weighted by molar-refractivity contribution is 0.261. The molecule has 8 heteroatoms. The summed E-state index contributed by atoms with van der Waals surface area (Å²) in [4.78, 5) is 2.13. The molecule has 1 aromatic rings. The van der Waals surface area contributed by atoms with Crippen LogP contribution in [0.15, 0.2) is 0 Å². The third-order valence-corrected chi connectivity index (χ3v) is 4.88. The fourth-order valence-corrected chi connectivity index (χ4v) is 3.76. The van der Waals surface area contributed by atoms with Crippen molar-refractivity contribution in [3.8, 4) is 0 Å². The second kappa shape index (κ2) is 5.40. The van der Waals surface area contributed by atoms with Crippen LogP contribution in [0.25, 0.3) is 0 Å². The van der Waals surface area contributed by atoms with Gasteiger partial charge in [-0.1, -0.05) is 11.6 Å². The molecule has 1 aliphatic heterocycles. The molecule has 1 fully saturated rings. The molecule has 2 rings (SSSR count). The van der Waals surface area contributed by atoms with Gasteiger partial charge in [-0.05, 0) is 26.3 Å². The number of sulfonamides is 1. The molecule has 1 saturated heterocycles. The number of nitrogens with zero attached hydrogens (tertiary/aromatic N) is 3. The first-order chi connectivity index (χ1) is 8.78. The van der Waals surface area contributed by atoms with Crippen molar-refractivity contribution in [3.05, 3.63) is 16.4 Å². The Labute approximate surface area is 118 Å². The summed E-state index contributed by atoms with van der Waals surface area (Å²) in [6, 6.07) is -0.0225. The summed E-state index contributed by atoms with van der Waals surface area (Å²) < 4.78 is 24.1. The Kier molecular flexibility index (Phi) is 4.20. The molecule has 0 aromatic carbocycles. The molecule has 108 valence electrons. The number of aromatic nitrogens is 2. The second-order valence-corrected chi connectivity index (χ2v) is 7.09. The van der Waals surface area contributed by atoms with Crippen LogP contribution >= 0.6 is 11.6 Å². The third-order valence-electron chi connectivity index (χ3n) is 3.55. The van der Waals surface area contributed by atoms with Crippen molar-refractivity contribution >= 4 is 21.6 Å². The normalized spacial score (nSPS) is 21.2. The molecular formula is C11H19ClN4O2S. The van der Waals surface area contributed by atoms with Crippen LogP contribution in [0.2, 0.25) is 5.15 Å². The summed E-state index contributed by atoms with van der Waals surface area (Å²) >= 11 is 6.20. The highest BCUT2D eigenvalue weighted by atomic mass is 35.5. The molecule has 0 unspecified atom stereocenters. The molecule has 0 radical (unpaired) electrons. The first kappa shape index (κ1) is 14.8. The number of aryl methyl sites for hydroxylation is 2. The topological polar surface area (TPSA) is 81.2 Å². The van der Waals surface area contributed by atoms with Gasteiger partial charge >= 0.3 is 0 Å². The molecule has 0 amide bonds. The van der Waals surface area contributed by atoms with E-state index in [0.717, 1.165) is 30.6 Å². The summed E-state index contributed by atoms with van der Waals surface area (Å²) in [5.41, 5.74) is 1.85. The summed E-state index contributed by atoms with van der Waals surface area (Å²) in [5.74, 6) is 0.00390. The highest BCUT2D eigenvalue weighted by molar-refractivity contribution is 7.89. The molecule has 0 bridgehead atoms. The Balaban J connectivity index is 2.13. The maximum Gasteiger partial charge on any atom is 0.210 e. The average Bonchev–Trinajstić information content (AvgIpc) is 2.78. The Morgan fingerprint density at radius 2 is 2.21 bits per heavy atom. The lowest BCUT2D eigenvalue weighted by Gasteiger charge is -2.23. The van der Waals surface area contributed by atoms with Crippen molar-refractivity contribution in [1.82, 2.24) is 14.7 Å². The zero-order valence-corrected chi connectivity index (χ0v) is 12.7. The van der Waals surface area contributed by atoms with Crippen molar-refractivity contribution in [2.75, 3.05) is 12.3 Å². The molecule has 1 atom stereocenters. The van der Waals surface area contributed by atoms with Gasteiger partial charge in [0.05, 0.1) is 11.4 Å². The van der Waals surface area contributed by atoms with Crippen LogP contribution in [-0.4, -0.2) is 41.4 Å². The molecule has 2 N–H and O–H groups in total. The van der Waals surface area contributed by atoms with Crippen LogP contribution in [0.5, 0.6) is 0 Å². The highest BCUT2D eigenvalue weighted by Gasteiger charge is 2.29. The maximum atomic E-state index is 11.2. The zero-order valence-electron chi connectivity index (χ0n) is 11.1. The SMILES string of the molecule is Cc1nn(C)c(Cl)c1CN1CCC[C@@H]1CS(N)(=O)=O.